The number of nitrogens with two attached hydrogens (primary N) is 2. The molecule has 0 saturated carbocycles. The summed E-state index contributed by atoms with van der Waals surface area (Å²) in [5.74, 6) is 0.706. The largest absolute Gasteiger partial charge is 0.443 e. The fourth-order valence-corrected chi connectivity index (χ4v) is 4.33. The molecule has 0 atom stereocenters. The molecule has 1 aliphatic heterocycles. The number of rotatable bonds is 2. The van der Waals surface area contributed by atoms with Gasteiger partial charge >= 0.3 is 0 Å². The van der Waals surface area contributed by atoms with E-state index in [0.717, 1.165) is 44.3 Å². The van der Waals surface area contributed by atoms with Crippen LogP contribution in [0, 0.1) is 0 Å². The molecule has 0 saturated heterocycles. The van der Waals surface area contributed by atoms with Gasteiger partial charge < -0.3 is 15.9 Å². The van der Waals surface area contributed by atoms with Gasteiger partial charge in [-0.25, -0.2) is 4.99 Å². The highest BCUT2D eigenvalue weighted by atomic mass is 16.3. The van der Waals surface area contributed by atoms with E-state index in [1.54, 1.807) is 0 Å². The first-order chi connectivity index (χ1) is 16.2. The van der Waals surface area contributed by atoms with Crippen molar-refractivity contribution < 1.29 is 8.98 Å². The van der Waals surface area contributed by atoms with Gasteiger partial charge in [0.25, 0.3) is 11.2 Å². The van der Waals surface area contributed by atoms with Gasteiger partial charge in [0.05, 0.1) is 11.4 Å². The van der Waals surface area contributed by atoms with Crippen molar-refractivity contribution in [3.8, 4) is 17.1 Å². The summed E-state index contributed by atoms with van der Waals surface area (Å²) in [6.45, 7) is 0. The first-order valence-corrected chi connectivity index (χ1v) is 10.7. The molecule has 0 aromatic heterocycles. The number of nitrogen functional groups attached to an aromatic ring is 2. The first kappa shape index (κ1) is 19.1. The minimum absolute atomic E-state index is 0.620. The molecule has 4 aromatic rings. The van der Waals surface area contributed by atoms with Crippen molar-refractivity contribution in [2.75, 3.05) is 11.5 Å². The Morgan fingerprint density at radius 3 is 2.36 bits per heavy atom. The van der Waals surface area contributed by atoms with E-state index in [1.807, 2.05) is 97.1 Å². The van der Waals surface area contributed by atoms with E-state index in [0.29, 0.717) is 17.1 Å². The van der Waals surface area contributed by atoms with Gasteiger partial charge in [0, 0.05) is 17.5 Å². The Morgan fingerprint density at radius 2 is 1.45 bits per heavy atom. The van der Waals surface area contributed by atoms with Gasteiger partial charge in [-0.2, -0.15) is 0 Å². The van der Waals surface area contributed by atoms with Crippen molar-refractivity contribution in [3.63, 3.8) is 0 Å². The molecule has 0 unspecified atom stereocenters. The van der Waals surface area contributed by atoms with Gasteiger partial charge in [-0.3, -0.25) is 0 Å². The monoisotopic (exact) mass is 429 g/mol. The van der Waals surface area contributed by atoms with E-state index in [-0.39, 0.29) is 0 Å². The zero-order valence-corrected chi connectivity index (χ0v) is 17.8. The van der Waals surface area contributed by atoms with Crippen LogP contribution < -0.4 is 21.4 Å². The second kappa shape index (κ2) is 7.50. The summed E-state index contributed by atoms with van der Waals surface area (Å²) in [5.41, 5.74) is 18.2. The van der Waals surface area contributed by atoms with E-state index in [4.69, 9.17) is 20.9 Å². The molecule has 158 valence electrons. The molecule has 0 spiro atoms. The van der Waals surface area contributed by atoms with Crippen molar-refractivity contribution in [2.24, 2.45) is 4.99 Å². The number of fused-ring (bicyclic) bond motifs is 3. The van der Waals surface area contributed by atoms with Crippen molar-refractivity contribution in [1.82, 2.24) is 0 Å². The number of anilines is 2. The van der Waals surface area contributed by atoms with Crippen LogP contribution in [0.1, 0.15) is 0 Å². The smallest absolute Gasteiger partial charge is 0.280 e. The molecule has 4 N–H and O–H groups in total. The van der Waals surface area contributed by atoms with Crippen LogP contribution in [0.15, 0.2) is 113 Å². The van der Waals surface area contributed by atoms with Gasteiger partial charge in [0.2, 0.25) is 11.4 Å². The topological polar surface area (TPSA) is 81.4 Å². The minimum Gasteiger partial charge on any atom is -0.443 e. The molecule has 5 heteroatoms. The number of hydrogen-bond donors (Lipinski definition) is 2. The summed E-state index contributed by atoms with van der Waals surface area (Å²) < 4.78 is 8.41. The lowest BCUT2D eigenvalue weighted by Crippen LogP contribution is -2.40. The molecular formula is C28H21N4O+. The molecule has 33 heavy (non-hydrogen) atoms. The molecule has 2 aliphatic rings. The van der Waals surface area contributed by atoms with Crippen LogP contribution in [0.25, 0.3) is 39.0 Å². The maximum absolute atomic E-state index is 6.43. The Hall–Kier alpha value is -4.64. The minimum atomic E-state index is 0.620. The predicted octanol–water partition coefficient (Wildman–Crippen LogP) is 5.36. The van der Waals surface area contributed by atoms with E-state index in [2.05, 4.69) is 10.6 Å². The molecule has 1 heterocycles. The van der Waals surface area contributed by atoms with Gasteiger partial charge in [-0.15, -0.1) is 4.57 Å². The van der Waals surface area contributed by atoms with Crippen LogP contribution in [-0.2, 0) is 0 Å². The second-order valence-electron chi connectivity index (χ2n) is 7.92. The average molecular weight is 430 g/mol. The summed E-state index contributed by atoms with van der Waals surface area (Å²) in [6.07, 6.45) is 0. The van der Waals surface area contributed by atoms with Crippen LogP contribution in [0.3, 0.4) is 0 Å². The fraction of sp³-hybridized carbons (Fsp3) is 0. The second-order valence-corrected chi connectivity index (χ2v) is 7.92. The van der Waals surface area contributed by atoms with E-state index in [9.17, 15) is 0 Å². The van der Waals surface area contributed by atoms with Crippen molar-refractivity contribution in [2.45, 2.75) is 0 Å². The standard InChI is InChI=1S/C28H20N4O/c29-20-10-3-4-12-23(20)32-24-13-5-6-14-25(24)33-26-15-7-11-22(28(26)32)31-27-19-9-2-1-8-18(19)16-17-21(27)30/h1-17,30H,29H2/p+1. The summed E-state index contributed by atoms with van der Waals surface area (Å²) in [4.78, 5) is 5.07. The third-order valence-electron chi connectivity index (χ3n) is 5.87. The normalized spacial score (nSPS) is 12.1. The Kier molecular flexibility index (Phi) is 4.33. The van der Waals surface area contributed by atoms with Crippen LogP contribution in [0.4, 0.5) is 17.1 Å². The van der Waals surface area contributed by atoms with Crippen LogP contribution in [0.2, 0.25) is 0 Å². The maximum atomic E-state index is 6.43. The SMILES string of the molecule is Nc1ccccc1-[n+]1c2c(=Nc3c(N)ccc4ccccc34)cccc-2oc2ccccc21. The molecule has 0 radical (unpaired) electrons. The Bertz CT molecular complexity index is 1700. The van der Waals surface area contributed by atoms with Gasteiger partial charge in [-0.1, -0.05) is 60.7 Å². The fourth-order valence-electron chi connectivity index (χ4n) is 4.33. The lowest BCUT2D eigenvalue weighted by molar-refractivity contribution is -0.556. The van der Waals surface area contributed by atoms with Crippen LogP contribution in [0.5, 0.6) is 0 Å². The van der Waals surface area contributed by atoms with Crippen molar-refractivity contribution >= 4 is 38.9 Å². The molecular weight excluding hydrogens is 408 g/mol. The van der Waals surface area contributed by atoms with Gasteiger partial charge in [0.15, 0.2) is 5.58 Å². The summed E-state index contributed by atoms with van der Waals surface area (Å²) >= 11 is 0. The van der Waals surface area contributed by atoms with Crippen molar-refractivity contribution in [1.29, 1.82) is 0 Å². The van der Waals surface area contributed by atoms with Crippen LogP contribution in [-0.4, -0.2) is 0 Å². The zero-order chi connectivity index (χ0) is 22.4. The summed E-state index contributed by atoms with van der Waals surface area (Å²) in [5, 5.41) is 2.83. The third kappa shape index (κ3) is 3.10. The van der Waals surface area contributed by atoms with Gasteiger partial charge in [-0.05, 0) is 35.7 Å². The molecule has 4 aromatic carbocycles. The van der Waals surface area contributed by atoms with Crippen molar-refractivity contribution in [3.05, 3.63) is 108 Å². The van der Waals surface area contributed by atoms with Crippen LogP contribution >= 0.6 is 0 Å². The first-order valence-electron chi connectivity index (χ1n) is 10.7. The number of nitrogens with zero attached hydrogens (tertiary/aromatic N) is 2. The Morgan fingerprint density at radius 1 is 0.667 bits per heavy atom. The van der Waals surface area contributed by atoms with E-state index < -0.39 is 0 Å². The highest BCUT2D eigenvalue weighted by molar-refractivity contribution is 5.98. The number of para-hydroxylation sites is 5. The van der Waals surface area contributed by atoms with E-state index in [1.165, 1.54) is 0 Å². The van der Waals surface area contributed by atoms with E-state index >= 15 is 0 Å². The maximum Gasteiger partial charge on any atom is 0.280 e. The molecule has 0 fully saturated rings. The average Bonchev–Trinajstić information content (AvgIpc) is 2.85. The molecule has 0 bridgehead atoms. The molecule has 6 rings (SSSR count). The highest BCUT2D eigenvalue weighted by Gasteiger charge is 2.28. The third-order valence-corrected chi connectivity index (χ3v) is 5.87. The quantitative estimate of drug-likeness (QED) is 0.221. The molecule has 5 nitrogen and oxygen atoms in total. The number of hydrogen-bond acceptors (Lipinski definition) is 4. The lowest BCUT2D eigenvalue weighted by atomic mass is 10.1. The highest BCUT2D eigenvalue weighted by Crippen LogP contribution is 2.32. The molecule has 1 aliphatic carbocycles. The number of aromatic nitrogens is 1. The summed E-state index contributed by atoms with van der Waals surface area (Å²) in [6, 6.07) is 33.6. The summed E-state index contributed by atoms with van der Waals surface area (Å²) in [7, 11) is 0. The van der Waals surface area contributed by atoms with Gasteiger partial charge in [0.1, 0.15) is 11.0 Å². The Balaban J connectivity index is 1.79. The zero-order valence-electron chi connectivity index (χ0n) is 17.8. The lowest BCUT2D eigenvalue weighted by Gasteiger charge is -2.11. The number of benzene rings is 5. The Labute approximate surface area is 190 Å². The predicted molar refractivity (Wildman–Crippen MR) is 132 cm³/mol. The molecule has 0 amide bonds.